The molecule has 0 heterocycles. The van der Waals surface area contributed by atoms with Crippen molar-refractivity contribution < 1.29 is 26.3 Å². The van der Waals surface area contributed by atoms with Crippen molar-refractivity contribution in [1.82, 2.24) is 0 Å². The summed E-state index contributed by atoms with van der Waals surface area (Å²) in [7, 11) is 0. The molecule has 0 aromatic heterocycles. The first-order valence-electron chi connectivity index (χ1n) is 4.27. The van der Waals surface area contributed by atoms with Gasteiger partial charge in [0.2, 0.25) is 0 Å². The van der Waals surface area contributed by atoms with Crippen LogP contribution in [-0.2, 0) is 6.18 Å². The molecule has 1 aromatic carbocycles. The number of benzene rings is 1. The lowest BCUT2D eigenvalue weighted by Gasteiger charge is -2.13. The lowest BCUT2D eigenvalue weighted by atomic mass is 10.2. The van der Waals surface area contributed by atoms with Gasteiger partial charge < -0.3 is 5.32 Å². The highest BCUT2D eigenvalue weighted by molar-refractivity contribution is 9.10. The molecule has 0 spiro atoms. The van der Waals surface area contributed by atoms with Crippen molar-refractivity contribution in [1.29, 1.82) is 0 Å². The monoisotopic (exact) mass is 321 g/mol. The van der Waals surface area contributed by atoms with Crippen LogP contribution in [0.1, 0.15) is 5.56 Å². The quantitative estimate of drug-likeness (QED) is 0.794. The van der Waals surface area contributed by atoms with E-state index in [2.05, 4.69) is 15.9 Å². The van der Waals surface area contributed by atoms with Crippen LogP contribution in [0.5, 0.6) is 0 Å². The van der Waals surface area contributed by atoms with Crippen molar-refractivity contribution in [3.63, 3.8) is 0 Å². The average Bonchev–Trinajstić information content (AvgIpc) is 2.13. The third kappa shape index (κ3) is 4.45. The van der Waals surface area contributed by atoms with Crippen molar-refractivity contribution >= 4 is 21.6 Å². The van der Waals surface area contributed by atoms with Crippen molar-refractivity contribution in [2.75, 3.05) is 11.9 Å². The molecule has 0 fully saturated rings. The second-order valence-corrected chi connectivity index (χ2v) is 4.02. The van der Waals surface area contributed by atoms with Crippen LogP contribution < -0.4 is 5.32 Å². The second-order valence-electron chi connectivity index (χ2n) is 3.16. The van der Waals surface area contributed by atoms with Crippen LogP contribution in [0.3, 0.4) is 0 Å². The Balaban J connectivity index is 2.90. The van der Waals surface area contributed by atoms with E-state index < -0.39 is 24.5 Å². The molecule has 8 heteroatoms. The first-order valence-corrected chi connectivity index (χ1v) is 5.06. The molecule has 0 aliphatic carbocycles. The number of nitrogens with one attached hydrogen (secondary N) is 1. The SMILES string of the molecule is FC(F)(F)CNc1ccc(Br)c(C(F)(F)F)c1. The maximum absolute atomic E-state index is 12.4. The first kappa shape index (κ1) is 14.1. The molecule has 0 aliphatic heterocycles. The Morgan fingerprint density at radius 1 is 1.06 bits per heavy atom. The highest BCUT2D eigenvalue weighted by Crippen LogP contribution is 2.36. The van der Waals surface area contributed by atoms with Gasteiger partial charge in [-0.2, -0.15) is 26.3 Å². The zero-order chi connectivity index (χ0) is 13.3. The number of halogens is 7. The van der Waals surface area contributed by atoms with E-state index in [1.165, 1.54) is 0 Å². The number of hydrogen-bond acceptors (Lipinski definition) is 1. The molecule has 1 rings (SSSR count). The number of rotatable bonds is 2. The summed E-state index contributed by atoms with van der Waals surface area (Å²) in [6.45, 7) is -1.38. The highest BCUT2D eigenvalue weighted by Gasteiger charge is 2.33. The largest absolute Gasteiger partial charge is 0.417 e. The minimum absolute atomic E-state index is 0.220. The van der Waals surface area contributed by atoms with Gasteiger partial charge in [0.15, 0.2) is 0 Å². The van der Waals surface area contributed by atoms with Crippen molar-refractivity contribution in [2.24, 2.45) is 0 Å². The fourth-order valence-electron chi connectivity index (χ4n) is 1.05. The fourth-order valence-corrected chi connectivity index (χ4v) is 1.53. The predicted octanol–water partition coefficient (Wildman–Crippen LogP) is 4.44. The van der Waals surface area contributed by atoms with Crippen molar-refractivity contribution in [2.45, 2.75) is 12.4 Å². The standard InChI is InChI=1S/C9H6BrF6N/c10-7-2-1-5(17-4-8(11,12)13)3-6(7)9(14,15)16/h1-3,17H,4H2. The van der Waals surface area contributed by atoms with Crippen LogP contribution in [0, 0.1) is 0 Å². The Morgan fingerprint density at radius 3 is 2.12 bits per heavy atom. The summed E-state index contributed by atoms with van der Waals surface area (Å²) in [4.78, 5) is 0. The summed E-state index contributed by atoms with van der Waals surface area (Å²) in [5.74, 6) is 0. The van der Waals surface area contributed by atoms with E-state index in [0.29, 0.717) is 6.07 Å². The van der Waals surface area contributed by atoms with Gasteiger partial charge in [0.25, 0.3) is 0 Å². The van der Waals surface area contributed by atoms with Gasteiger partial charge in [0, 0.05) is 10.2 Å². The molecule has 0 amide bonds. The maximum atomic E-state index is 12.4. The van der Waals surface area contributed by atoms with Crippen LogP contribution in [-0.4, -0.2) is 12.7 Å². The Hall–Kier alpha value is -0.920. The summed E-state index contributed by atoms with van der Waals surface area (Å²) >= 11 is 2.69. The van der Waals surface area contributed by atoms with E-state index in [1.54, 1.807) is 0 Å². The molecule has 17 heavy (non-hydrogen) atoms. The Labute approximate surface area is 101 Å². The Morgan fingerprint density at radius 2 is 1.65 bits per heavy atom. The van der Waals surface area contributed by atoms with Crippen LogP contribution in [0.4, 0.5) is 32.0 Å². The molecule has 0 bridgehead atoms. The molecule has 0 saturated carbocycles. The summed E-state index contributed by atoms with van der Waals surface area (Å²) in [6.07, 6.45) is -9.10. The third-order valence-electron chi connectivity index (χ3n) is 1.76. The van der Waals surface area contributed by atoms with Gasteiger partial charge in [-0.05, 0) is 18.2 Å². The summed E-state index contributed by atoms with van der Waals surface area (Å²) < 4.78 is 72.6. The summed E-state index contributed by atoms with van der Waals surface area (Å²) in [6, 6.07) is 2.79. The van der Waals surface area contributed by atoms with Crippen LogP contribution in [0.15, 0.2) is 22.7 Å². The van der Waals surface area contributed by atoms with E-state index in [0.717, 1.165) is 12.1 Å². The van der Waals surface area contributed by atoms with Crippen LogP contribution >= 0.6 is 15.9 Å². The third-order valence-corrected chi connectivity index (χ3v) is 2.46. The van der Waals surface area contributed by atoms with Gasteiger partial charge in [-0.15, -0.1) is 0 Å². The van der Waals surface area contributed by atoms with E-state index in [1.807, 2.05) is 5.32 Å². The average molecular weight is 322 g/mol. The summed E-state index contributed by atoms with van der Waals surface area (Å²) in [5.41, 5.74) is -1.26. The molecule has 0 unspecified atom stereocenters. The van der Waals surface area contributed by atoms with E-state index >= 15 is 0 Å². The van der Waals surface area contributed by atoms with Crippen LogP contribution in [0.2, 0.25) is 0 Å². The minimum Gasteiger partial charge on any atom is -0.376 e. The fraction of sp³-hybridized carbons (Fsp3) is 0.333. The number of alkyl halides is 6. The van der Waals surface area contributed by atoms with Crippen molar-refractivity contribution in [3.05, 3.63) is 28.2 Å². The molecular weight excluding hydrogens is 316 g/mol. The zero-order valence-electron chi connectivity index (χ0n) is 8.08. The molecule has 0 radical (unpaired) electrons. The van der Waals surface area contributed by atoms with Crippen LogP contribution in [0.25, 0.3) is 0 Å². The lowest BCUT2D eigenvalue weighted by Crippen LogP contribution is -2.21. The van der Waals surface area contributed by atoms with E-state index in [-0.39, 0.29) is 10.2 Å². The molecule has 0 atom stereocenters. The molecule has 1 N–H and O–H groups in total. The van der Waals surface area contributed by atoms with E-state index in [9.17, 15) is 26.3 Å². The van der Waals surface area contributed by atoms with Gasteiger partial charge in [-0.25, -0.2) is 0 Å². The highest BCUT2D eigenvalue weighted by atomic mass is 79.9. The van der Waals surface area contributed by atoms with Gasteiger partial charge in [0.1, 0.15) is 6.54 Å². The van der Waals surface area contributed by atoms with Gasteiger partial charge in [-0.1, -0.05) is 15.9 Å². The second kappa shape index (κ2) is 4.75. The molecule has 1 aromatic rings. The van der Waals surface area contributed by atoms with Crippen molar-refractivity contribution in [3.8, 4) is 0 Å². The normalized spacial score (nSPS) is 12.6. The summed E-state index contributed by atoms with van der Waals surface area (Å²) in [5, 5.41) is 1.88. The van der Waals surface area contributed by atoms with E-state index in [4.69, 9.17) is 0 Å². The topological polar surface area (TPSA) is 12.0 Å². The van der Waals surface area contributed by atoms with Gasteiger partial charge in [0.05, 0.1) is 5.56 Å². The molecular formula is C9H6BrF6N. The molecule has 96 valence electrons. The van der Waals surface area contributed by atoms with Gasteiger partial charge >= 0.3 is 12.4 Å². The number of anilines is 1. The predicted molar refractivity (Wildman–Crippen MR) is 53.7 cm³/mol. The smallest absolute Gasteiger partial charge is 0.376 e. The Bertz CT molecular complexity index is 397. The number of hydrogen-bond donors (Lipinski definition) is 1. The Kier molecular flexibility index (Phi) is 3.95. The molecule has 1 nitrogen and oxygen atoms in total. The molecule has 0 aliphatic rings. The zero-order valence-corrected chi connectivity index (χ0v) is 9.67. The minimum atomic E-state index is -4.62. The lowest BCUT2D eigenvalue weighted by molar-refractivity contribution is -0.138. The van der Waals surface area contributed by atoms with Gasteiger partial charge in [-0.3, -0.25) is 0 Å². The first-order chi connectivity index (χ1) is 7.59. The maximum Gasteiger partial charge on any atom is 0.417 e. The molecule has 0 saturated heterocycles.